The van der Waals surface area contributed by atoms with Crippen LogP contribution in [0.2, 0.25) is 0 Å². The quantitative estimate of drug-likeness (QED) is 0.876. The molecule has 0 bridgehead atoms. The van der Waals surface area contributed by atoms with Crippen molar-refractivity contribution in [3.63, 3.8) is 0 Å². The number of halogens is 1. The topological polar surface area (TPSA) is 15.3 Å². The van der Waals surface area contributed by atoms with Crippen LogP contribution < -0.4 is 5.32 Å². The molecule has 0 unspecified atom stereocenters. The van der Waals surface area contributed by atoms with Gasteiger partial charge in [-0.05, 0) is 55.7 Å². The monoisotopic (exact) mass is 358 g/mol. The first-order valence-corrected chi connectivity index (χ1v) is 8.79. The summed E-state index contributed by atoms with van der Waals surface area (Å²) in [6.07, 6.45) is 2.51. The molecule has 0 saturated carbocycles. The van der Waals surface area contributed by atoms with Crippen LogP contribution in [0, 0.1) is 0 Å². The van der Waals surface area contributed by atoms with Crippen LogP contribution >= 0.6 is 15.9 Å². The van der Waals surface area contributed by atoms with E-state index in [1.165, 1.54) is 42.6 Å². The van der Waals surface area contributed by atoms with E-state index in [-0.39, 0.29) is 0 Å². The molecule has 1 N–H and O–H groups in total. The maximum Gasteiger partial charge on any atom is 0.0253 e. The van der Waals surface area contributed by atoms with Gasteiger partial charge in [0.05, 0.1) is 0 Å². The van der Waals surface area contributed by atoms with E-state index in [1.807, 2.05) is 0 Å². The van der Waals surface area contributed by atoms with Crippen LogP contribution in [0.3, 0.4) is 0 Å². The van der Waals surface area contributed by atoms with Gasteiger partial charge in [0.2, 0.25) is 0 Å². The molecule has 0 spiro atoms. The second-order valence-corrected chi connectivity index (χ2v) is 6.87. The van der Waals surface area contributed by atoms with Gasteiger partial charge in [-0.2, -0.15) is 0 Å². The second kappa shape index (κ2) is 7.40. The van der Waals surface area contributed by atoms with Gasteiger partial charge in [0, 0.05) is 17.1 Å². The molecule has 1 aliphatic rings. The first kappa shape index (κ1) is 15.7. The lowest BCUT2D eigenvalue weighted by Gasteiger charge is -2.31. The minimum absolute atomic E-state index is 0.703. The molecule has 0 aliphatic carbocycles. The van der Waals surface area contributed by atoms with E-state index in [1.54, 1.807) is 0 Å². The summed E-state index contributed by atoms with van der Waals surface area (Å²) >= 11 is 3.63. The van der Waals surface area contributed by atoms with Crippen LogP contribution in [0.15, 0.2) is 53.0 Å². The average Bonchev–Trinajstić information content (AvgIpc) is 2.57. The molecule has 0 radical (unpaired) electrons. The number of benzene rings is 2. The van der Waals surface area contributed by atoms with Crippen molar-refractivity contribution in [3.8, 4) is 11.1 Å². The molecule has 2 nitrogen and oxygen atoms in total. The fourth-order valence-corrected chi connectivity index (χ4v) is 3.64. The predicted molar refractivity (Wildman–Crippen MR) is 96.9 cm³/mol. The summed E-state index contributed by atoms with van der Waals surface area (Å²) in [4.78, 5) is 2.56. The zero-order chi connectivity index (χ0) is 15.4. The third kappa shape index (κ3) is 3.78. The SMILES string of the molecule is CNC1CCN(Cc2ccc(-c3ccccc3Br)cc2)CC1. The molecule has 0 aromatic heterocycles. The molecule has 1 saturated heterocycles. The Morgan fingerprint density at radius 3 is 2.36 bits per heavy atom. The molecular formula is C19H23BrN2. The molecule has 22 heavy (non-hydrogen) atoms. The summed E-state index contributed by atoms with van der Waals surface area (Å²) < 4.78 is 1.15. The molecule has 3 heteroatoms. The van der Waals surface area contributed by atoms with Crippen LogP contribution in [0.25, 0.3) is 11.1 Å². The van der Waals surface area contributed by atoms with Crippen molar-refractivity contribution in [1.82, 2.24) is 10.2 Å². The third-order valence-corrected chi connectivity index (χ3v) is 5.23. The summed E-state index contributed by atoms with van der Waals surface area (Å²) in [5.41, 5.74) is 3.92. The number of rotatable bonds is 4. The van der Waals surface area contributed by atoms with Crippen LogP contribution in [0.4, 0.5) is 0 Å². The molecule has 2 aromatic carbocycles. The highest BCUT2D eigenvalue weighted by Gasteiger charge is 2.17. The van der Waals surface area contributed by atoms with Gasteiger partial charge in [-0.25, -0.2) is 0 Å². The molecule has 1 heterocycles. The fraction of sp³-hybridized carbons (Fsp3) is 0.368. The number of piperidine rings is 1. The molecular weight excluding hydrogens is 336 g/mol. The summed E-state index contributed by atoms with van der Waals surface area (Å²) in [6.45, 7) is 3.45. The summed E-state index contributed by atoms with van der Waals surface area (Å²) in [5, 5.41) is 3.39. The van der Waals surface area contributed by atoms with Crippen molar-refractivity contribution in [3.05, 3.63) is 58.6 Å². The van der Waals surface area contributed by atoms with E-state index >= 15 is 0 Å². The van der Waals surface area contributed by atoms with Gasteiger partial charge in [-0.15, -0.1) is 0 Å². The fourth-order valence-electron chi connectivity index (χ4n) is 3.12. The Morgan fingerprint density at radius 2 is 1.73 bits per heavy atom. The zero-order valence-corrected chi connectivity index (χ0v) is 14.6. The number of likely N-dealkylation sites (tertiary alicyclic amines) is 1. The van der Waals surface area contributed by atoms with Crippen molar-refractivity contribution in [1.29, 1.82) is 0 Å². The van der Waals surface area contributed by atoms with E-state index in [4.69, 9.17) is 0 Å². The van der Waals surface area contributed by atoms with Gasteiger partial charge in [-0.1, -0.05) is 58.4 Å². The van der Waals surface area contributed by atoms with E-state index in [0.29, 0.717) is 6.04 Å². The molecule has 116 valence electrons. The number of nitrogens with one attached hydrogen (secondary N) is 1. The van der Waals surface area contributed by atoms with Crippen molar-refractivity contribution >= 4 is 15.9 Å². The maximum absolute atomic E-state index is 3.63. The van der Waals surface area contributed by atoms with Gasteiger partial charge >= 0.3 is 0 Å². The van der Waals surface area contributed by atoms with E-state index in [2.05, 4.69) is 81.7 Å². The molecule has 0 amide bonds. The number of hydrogen-bond donors (Lipinski definition) is 1. The maximum atomic E-state index is 3.63. The normalized spacial score (nSPS) is 16.8. The average molecular weight is 359 g/mol. The smallest absolute Gasteiger partial charge is 0.0253 e. The Kier molecular flexibility index (Phi) is 5.29. The summed E-state index contributed by atoms with van der Waals surface area (Å²) in [5.74, 6) is 0. The largest absolute Gasteiger partial charge is 0.317 e. The molecule has 3 rings (SSSR count). The summed E-state index contributed by atoms with van der Waals surface area (Å²) in [6, 6.07) is 18.1. The van der Waals surface area contributed by atoms with Gasteiger partial charge in [-0.3, -0.25) is 4.90 Å². The van der Waals surface area contributed by atoms with Crippen LogP contribution in [0.5, 0.6) is 0 Å². The van der Waals surface area contributed by atoms with Crippen molar-refractivity contribution in [2.75, 3.05) is 20.1 Å². The standard InChI is InChI=1S/C19H23BrN2/c1-21-17-10-12-22(13-11-17)14-15-6-8-16(9-7-15)18-4-2-3-5-19(18)20/h2-9,17,21H,10-14H2,1H3. The Hall–Kier alpha value is -1.16. The molecule has 1 fully saturated rings. The Labute approximate surface area is 141 Å². The Balaban J connectivity index is 1.64. The van der Waals surface area contributed by atoms with Crippen LogP contribution in [-0.4, -0.2) is 31.1 Å². The van der Waals surface area contributed by atoms with Gasteiger partial charge in [0.1, 0.15) is 0 Å². The van der Waals surface area contributed by atoms with Gasteiger partial charge in [0.25, 0.3) is 0 Å². The summed E-state index contributed by atoms with van der Waals surface area (Å²) in [7, 11) is 2.07. The lowest BCUT2D eigenvalue weighted by molar-refractivity contribution is 0.194. The number of hydrogen-bond acceptors (Lipinski definition) is 2. The predicted octanol–water partition coefficient (Wildman–Crippen LogP) is 4.30. The molecule has 0 atom stereocenters. The van der Waals surface area contributed by atoms with E-state index < -0.39 is 0 Å². The third-order valence-electron chi connectivity index (χ3n) is 4.54. The highest BCUT2D eigenvalue weighted by Crippen LogP contribution is 2.28. The second-order valence-electron chi connectivity index (χ2n) is 6.02. The number of nitrogens with zero attached hydrogens (tertiary/aromatic N) is 1. The molecule has 1 aliphatic heterocycles. The van der Waals surface area contributed by atoms with Gasteiger partial charge < -0.3 is 5.32 Å². The molecule has 2 aromatic rings. The zero-order valence-electron chi connectivity index (χ0n) is 13.1. The highest BCUT2D eigenvalue weighted by molar-refractivity contribution is 9.10. The van der Waals surface area contributed by atoms with Crippen molar-refractivity contribution in [2.24, 2.45) is 0 Å². The minimum atomic E-state index is 0.703. The van der Waals surface area contributed by atoms with Crippen LogP contribution in [-0.2, 0) is 6.54 Å². The first-order valence-electron chi connectivity index (χ1n) is 8.00. The highest BCUT2D eigenvalue weighted by atomic mass is 79.9. The lowest BCUT2D eigenvalue weighted by atomic mass is 10.0. The first-order chi connectivity index (χ1) is 10.8. The van der Waals surface area contributed by atoms with E-state index in [0.717, 1.165) is 11.0 Å². The van der Waals surface area contributed by atoms with Gasteiger partial charge in [0.15, 0.2) is 0 Å². The minimum Gasteiger partial charge on any atom is -0.317 e. The lowest BCUT2D eigenvalue weighted by Crippen LogP contribution is -2.40. The van der Waals surface area contributed by atoms with E-state index in [9.17, 15) is 0 Å². The van der Waals surface area contributed by atoms with Crippen LogP contribution in [0.1, 0.15) is 18.4 Å². The Bertz CT molecular complexity index is 601. The van der Waals surface area contributed by atoms with Crippen molar-refractivity contribution < 1.29 is 0 Å². The Morgan fingerprint density at radius 1 is 1.05 bits per heavy atom. The van der Waals surface area contributed by atoms with Crippen molar-refractivity contribution in [2.45, 2.75) is 25.4 Å².